The molecule has 6 rings (SSSR count). The summed E-state index contributed by atoms with van der Waals surface area (Å²) in [4.78, 5) is 30.4. The molecule has 2 aliphatic rings. The van der Waals surface area contributed by atoms with Crippen LogP contribution in [0.1, 0.15) is 24.6 Å². The fraction of sp³-hybridized carbons (Fsp3) is 0.364. The van der Waals surface area contributed by atoms with E-state index in [0.29, 0.717) is 25.0 Å². The summed E-state index contributed by atoms with van der Waals surface area (Å²) in [6, 6.07) is 5.79. The fourth-order valence-corrected chi connectivity index (χ4v) is 3.95. The van der Waals surface area contributed by atoms with Gasteiger partial charge in [0.05, 0.1) is 13.2 Å². The van der Waals surface area contributed by atoms with Crippen molar-refractivity contribution in [2.75, 3.05) is 31.2 Å². The van der Waals surface area contributed by atoms with Crippen LogP contribution in [0.5, 0.6) is 0 Å². The smallest absolute Gasteiger partial charge is 0.182 e. The Morgan fingerprint density at radius 3 is 2.52 bits per heavy atom. The van der Waals surface area contributed by atoms with Crippen molar-refractivity contribution in [1.82, 2.24) is 34.5 Å². The molecule has 31 heavy (non-hydrogen) atoms. The van der Waals surface area contributed by atoms with E-state index in [2.05, 4.69) is 14.9 Å². The zero-order chi connectivity index (χ0) is 20.8. The number of imidazole rings is 1. The van der Waals surface area contributed by atoms with Crippen molar-refractivity contribution in [2.45, 2.75) is 18.8 Å². The van der Waals surface area contributed by atoms with E-state index in [9.17, 15) is 0 Å². The third-order valence-corrected chi connectivity index (χ3v) is 5.80. The number of nitrogens with zero attached hydrogens (tertiary/aromatic N) is 8. The van der Waals surface area contributed by atoms with Crippen LogP contribution < -0.4 is 4.90 Å². The molecule has 0 radical (unpaired) electrons. The van der Waals surface area contributed by atoms with E-state index in [1.807, 2.05) is 36.0 Å². The highest BCUT2D eigenvalue weighted by molar-refractivity contribution is 5.88. The average molecular weight is 414 g/mol. The van der Waals surface area contributed by atoms with Gasteiger partial charge in [-0.1, -0.05) is 0 Å². The number of ether oxygens (including phenoxy) is 1. The third kappa shape index (κ3) is 3.31. The molecule has 2 fully saturated rings. The molecule has 0 spiro atoms. The largest absolute Gasteiger partial charge is 0.378 e. The lowest BCUT2D eigenvalue weighted by Gasteiger charge is -2.28. The van der Waals surface area contributed by atoms with Crippen LogP contribution in [0.15, 0.2) is 36.8 Å². The van der Waals surface area contributed by atoms with Crippen LogP contribution in [0.3, 0.4) is 0 Å². The lowest BCUT2D eigenvalue weighted by molar-refractivity contribution is 0.122. The van der Waals surface area contributed by atoms with Gasteiger partial charge in [0.1, 0.15) is 17.3 Å². The fourth-order valence-electron chi connectivity index (χ4n) is 3.95. The normalized spacial score (nSPS) is 16.7. The number of morpholine rings is 1. The number of rotatable bonds is 4. The topological polar surface area (TPSA) is 94.7 Å². The summed E-state index contributed by atoms with van der Waals surface area (Å²) in [5.41, 5.74) is 3.31. The lowest BCUT2D eigenvalue weighted by Crippen LogP contribution is -2.37. The minimum absolute atomic E-state index is 0.470. The molecule has 4 aromatic heterocycles. The maximum Gasteiger partial charge on any atom is 0.182 e. The Hall–Kier alpha value is -3.46. The highest BCUT2D eigenvalue weighted by Crippen LogP contribution is 2.38. The first-order valence-corrected chi connectivity index (χ1v) is 10.6. The van der Waals surface area contributed by atoms with Crippen molar-refractivity contribution < 1.29 is 4.74 Å². The van der Waals surface area contributed by atoms with Crippen molar-refractivity contribution in [2.24, 2.45) is 7.05 Å². The summed E-state index contributed by atoms with van der Waals surface area (Å²) in [7, 11) is 1.99. The van der Waals surface area contributed by atoms with E-state index in [0.717, 1.165) is 65.8 Å². The van der Waals surface area contributed by atoms with E-state index in [1.54, 1.807) is 12.4 Å². The maximum absolute atomic E-state index is 5.56. The predicted octanol–water partition coefficient (Wildman–Crippen LogP) is 2.60. The molecule has 5 heterocycles. The van der Waals surface area contributed by atoms with E-state index in [1.165, 1.54) is 0 Å². The molecule has 0 unspecified atom stereocenters. The van der Waals surface area contributed by atoms with Gasteiger partial charge < -0.3 is 14.2 Å². The molecule has 1 saturated carbocycles. The van der Waals surface area contributed by atoms with Gasteiger partial charge in [-0.2, -0.15) is 0 Å². The molecular weight excluding hydrogens is 392 g/mol. The van der Waals surface area contributed by atoms with Gasteiger partial charge in [0, 0.05) is 50.2 Å². The van der Waals surface area contributed by atoms with Gasteiger partial charge in [-0.3, -0.25) is 4.98 Å². The second-order valence-electron chi connectivity index (χ2n) is 7.95. The molecule has 0 bridgehead atoms. The van der Waals surface area contributed by atoms with Gasteiger partial charge >= 0.3 is 0 Å². The Bertz CT molecular complexity index is 1250. The summed E-state index contributed by atoms with van der Waals surface area (Å²) in [6.45, 7) is 2.88. The zero-order valence-electron chi connectivity index (χ0n) is 17.3. The maximum atomic E-state index is 5.56. The number of anilines is 1. The molecule has 9 heteroatoms. The van der Waals surface area contributed by atoms with Gasteiger partial charge in [0.25, 0.3) is 0 Å². The molecule has 0 amide bonds. The van der Waals surface area contributed by atoms with Crippen molar-refractivity contribution in [1.29, 1.82) is 0 Å². The highest BCUT2D eigenvalue weighted by Gasteiger charge is 2.28. The van der Waals surface area contributed by atoms with Crippen molar-refractivity contribution in [3.63, 3.8) is 0 Å². The lowest BCUT2D eigenvalue weighted by atomic mass is 10.2. The van der Waals surface area contributed by atoms with Crippen LogP contribution in [0, 0.1) is 0 Å². The van der Waals surface area contributed by atoms with E-state index < -0.39 is 0 Å². The Labute approximate surface area is 179 Å². The number of aromatic nitrogens is 7. The summed E-state index contributed by atoms with van der Waals surface area (Å²) >= 11 is 0. The number of hydrogen-bond acceptors (Lipinski definition) is 8. The molecule has 4 aromatic rings. The molecular formula is C22H22N8O. The quantitative estimate of drug-likeness (QED) is 0.503. The van der Waals surface area contributed by atoms with E-state index in [-0.39, 0.29) is 0 Å². The molecule has 0 aromatic carbocycles. The first kappa shape index (κ1) is 18.3. The number of pyridine rings is 1. The first-order chi connectivity index (χ1) is 15.3. The summed E-state index contributed by atoms with van der Waals surface area (Å²) in [6.07, 6.45) is 7.66. The molecule has 1 aliphatic carbocycles. The van der Waals surface area contributed by atoms with E-state index in [4.69, 9.17) is 24.7 Å². The minimum atomic E-state index is 0.470. The van der Waals surface area contributed by atoms with Crippen LogP contribution >= 0.6 is 0 Å². The van der Waals surface area contributed by atoms with Gasteiger partial charge in [-0.15, -0.1) is 0 Å². The minimum Gasteiger partial charge on any atom is -0.378 e. The Morgan fingerprint density at radius 1 is 0.935 bits per heavy atom. The van der Waals surface area contributed by atoms with Crippen LogP contribution in [-0.4, -0.2) is 60.8 Å². The summed E-state index contributed by atoms with van der Waals surface area (Å²) in [5.74, 6) is 3.61. The van der Waals surface area contributed by atoms with Gasteiger partial charge in [-0.05, 0) is 31.0 Å². The number of aryl methyl sites for hydroxylation is 1. The summed E-state index contributed by atoms with van der Waals surface area (Å²) < 4.78 is 7.57. The third-order valence-electron chi connectivity index (χ3n) is 5.80. The van der Waals surface area contributed by atoms with Crippen molar-refractivity contribution >= 4 is 17.0 Å². The Balaban J connectivity index is 1.55. The highest BCUT2D eigenvalue weighted by atomic mass is 16.5. The second-order valence-corrected chi connectivity index (χ2v) is 7.95. The Kier molecular flexibility index (Phi) is 4.34. The van der Waals surface area contributed by atoms with Gasteiger partial charge in [0.15, 0.2) is 22.8 Å². The predicted molar refractivity (Wildman–Crippen MR) is 116 cm³/mol. The Morgan fingerprint density at radius 2 is 1.74 bits per heavy atom. The standard InChI is InChI=1S/C22H22N8O/c1-29-20(15-4-7-23-8-5-15)26-17-21(29)27-19(28-22(17)30-10-12-31-13-11-30)16-6-9-24-18(25-16)14-2-3-14/h4-9,14H,2-3,10-13H2,1H3. The molecule has 9 nitrogen and oxygen atoms in total. The van der Waals surface area contributed by atoms with Gasteiger partial charge in [0.2, 0.25) is 0 Å². The SMILES string of the molecule is Cn1c(-c2ccncc2)nc2c(N3CCOCC3)nc(-c3ccnc(C4CC4)n3)nc21. The summed E-state index contributed by atoms with van der Waals surface area (Å²) in [5, 5.41) is 0. The number of fused-ring (bicyclic) bond motifs is 1. The van der Waals surface area contributed by atoms with E-state index >= 15 is 0 Å². The average Bonchev–Trinajstić information content (AvgIpc) is 3.64. The molecule has 0 atom stereocenters. The van der Waals surface area contributed by atoms with Crippen LogP contribution in [0.25, 0.3) is 34.1 Å². The molecule has 1 saturated heterocycles. The van der Waals surface area contributed by atoms with Crippen LogP contribution in [0.4, 0.5) is 5.82 Å². The zero-order valence-corrected chi connectivity index (χ0v) is 17.3. The monoisotopic (exact) mass is 414 g/mol. The van der Waals surface area contributed by atoms with Crippen molar-refractivity contribution in [3.05, 3.63) is 42.6 Å². The van der Waals surface area contributed by atoms with Gasteiger partial charge in [-0.25, -0.2) is 24.9 Å². The van der Waals surface area contributed by atoms with Crippen molar-refractivity contribution in [3.8, 4) is 22.9 Å². The molecule has 1 aliphatic heterocycles. The first-order valence-electron chi connectivity index (χ1n) is 10.6. The van der Waals surface area contributed by atoms with Crippen LogP contribution in [-0.2, 0) is 11.8 Å². The molecule has 0 N–H and O–H groups in total. The molecule has 156 valence electrons. The second kappa shape index (κ2) is 7.35. The van der Waals surface area contributed by atoms with Crippen LogP contribution in [0.2, 0.25) is 0 Å². The number of hydrogen-bond donors (Lipinski definition) is 0.